The fourth-order valence-corrected chi connectivity index (χ4v) is 2.57. The lowest BCUT2D eigenvalue weighted by Gasteiger charge is -2.35. The fraction of sp³-hybridized carbons (Fsp3) is 0.929. The van der Waals surface area contributed by atoms with Crippen molar-refractivity contribution < 1.29 is 14.3 Å². The van der Waals surface area contributed by atoms with Gasteiger partial charge in [-0.25, -0.2) is 0 Å². The monoisotopic (exact) mass is 270 g/mol. The van der Waals surface area contributed by atoms with E-state index >= 15 is 0 Å². The topological polar surface area (TPSA) is 50.8 Å². The zero-order valence-electron chi connectivity index (χ0n) is 12.2. The third-order valence-corrected chi connectivity index (χ3v) is 3.95. The molecule has 1 N–H and O–H groups in total. The van der Waals surface area contributed by atoms with E-state index in [4.69, 9.17) is 9.47 Å². The van der Waals surface area contributed by atoms with Gasteiger partial charge in [0.1, 0.15) is 6.04 Å². The van der Waals surface area contributed by atoms with Crippen molar-refractivity contribution in [3.8, 4) is 0 Å². The number of hydrogen-bond acceptors (Lipinski definition) is 5. The van der Waals surface area contributed by atoms with Gasteiger partial charge in [0.05, 0.1) is 25.4 Å². The molecule has 0 bridgehead atoms. The van der Waals surface area contributed by atoms with E-state index in [1.54, 1.807) is 0 Å². The number of nitrogens with zero attached hydrogens (tertiary/aromatic N) is 1. The second-order valence-corrected chi connectivity index (χ2v) is 5.94. The maximum atomic E-state index is 11.8. The van der Waals surface area contributed by atoms with Gasteiger partial charge in [0.2, 0.25) is 0 Å². The standard InChI is InChI=1S/C14H26N2O3/c1-10(2)19-14(17)13-5-4-11(15-13)6-7-16(3)12-8-18-9-12/h10-13,15H,4-9H2,1-3H3. The van der Waals surface area contributed by atoms with E-state index in [0.717, 1.165) is 39.0 Å². The molecule has 5 heteroatoms. The lowest BCUT2D eigenvalue weighted by molar-refractivity contribution is -0.149. The summed E-state index contributed by atoms with van der Waals surface area (Å²) in [6, 6.07) is 0.918. The van der Waals surface area contributed by atoms with Gasteiger partial charge >= 0.3 is 5.97 Å². The van der Waals surface area contributed by atoms with Gasteiger partial charge in [0, 0.05) is 6.04 Å². The molecular formula is C14H26N2O3. The van der Waals surface area contributed by atoms with Crippen molar-refractivity contribution in [1.29, 1.82) is 0 Å². The first-order chi connectivity index (χ1) is 9.06. The Kier molecular flexibility index (Phi) is 5.19. The molecule has 0 aromatic heterocycles. The number of esters is 1. The summed E-state index contributed by atoms with van der Waals surface area (Å²) in [7, 11) is 2.15. The second-order valence-electron chi connectivity index (χ2n) is 5.94. The maximum absolute atomic E-state index is 11.8. The van der Waals surface area contributed by atoms with Gasteiger partial charge in [0.25, 0.3) is 0 Å². The lowest BCUT2D eigenvalue weighted by atomic mass is 10.1. The summed E-state index contributed by atoms with van der Waals surface area (Å²) in [6.45, 7) is 6.55. The Morgan fingerprint density at radius 3 is 2.74 bits per heavy atom. The highest BCUT2D eigenvalue weighted by molar-refractivity contribution is 5.76. The summed E-state index contributed by atoms with van der Waals surface area (Å²) < 4.78 is 10.4. The zero-order chi connectivity index (χ0) is 13.8. The van der Waals surface area contributed by atoms with Crippen molar-refractivity contribution in [1.82, 2.24) is 10.2 Å². The first-order valence-corrected chi connectivity index (χ1v) is 7.30. The Hall–Kier alpha value is -0.650. The lowest BCUT2D eigenvalue weighted by Crippen LogP contribution is -2.48. The van der Waals surface area contributed by atoms with Crippen LogP contribution >= 0.6 is 0 Å². The molecule has 19 heavy (non-hydrogen) atoms. The Labute approximate surface area is 115 Å². The van der Waals surface area contributed by atoms with Crippen LogP contribution in [0.2, 0.25) is 0 Å². The minimum Gasteiger partial charge on any atom is -0.462 e. The molecule has 0 aliphatic carbocycles. The summed E-state index contributed by atoms with van der Waals surface area (Å²) in [6.07, 6.45) is 3.01. The number of carbonyl (C=O) groups excluding carboxylic acids is 1. The van der Waals surface area contributed by atoms with E-state index in [0.29, 0.717) is 12.1 Å². The van der Waals surface area contributed by atoms with Gasteiger partial charge in [-0.05, 0) is 46.7 Å². The Morgan fingerprint density at radius 1 is 1.42 bits per heavy atom. The molecular weight excluding hydrogens is 244 g/mol. The van der Waals surface area contributed by atoms with Gasteiger partial charge in [-0.1, -0.05) is 0 Å². The maximum Gasteiger partial charge on any atom is 0.323 e. The van der Waals surface area contributed by atoms with Crippen LogP contribution in [0.25, 0.3) is 0 Å². The average Bonchev–Trinajstić information content (AvgIpc) is 2.71. The molecule has 5 nitrogen and oxygen atoms in total. The van der Waals surface area contributed by atoms with Crippen molar-refractivity contribution >= 4 is 5.97 Å². The van der Waals surface area contributed by atoms with Gasteiger partial charge in [-0.2, -0.15) is 0 Å². The third kappa shape index (κ3) is 4.16. The highest BCUT2D eigenvalue weighted by Crippen LogP contribution is 2.18. The van der Waals surface area contributed by atoms with Crippen molar-refractivity contribution in [3.05, 3.63) is 0 Å². The number of hydrogen-bond donors (Lipinski definition) is 1. The normalized spacial score (nSPS) is 27.8. The van der Waals surface area contributed by atoms with Crippen LogP contribution in [0.15, 0.2) is 0 Å². The van der Waals surface area contributed by atoms with E-state index in [2.05, 4.69) is 17.3 Å². The summed E-state index contributed by atoms with van der Waals surface area (Å²) in [5, 5.41) is 3.39. The van der Waals surface area contributed by atoms with Gasteiger partial charge in [-0.3, -0.25) is 9.69 Å². The molecule has 2 unspecified atom stereocenters. The largest absolute Gasteiger partial charge is 0.462 e. The second kappa shape index (κ2) is 6.68. The van der Waals surface area contributed by atoms with Gasteiger partial charge in [-0.15, -0.1) is 0 Å². The number of ether oxygens (including phenoxy) is 2. The molecule has 0 amide bonds. The third-order valence-electron chi connectivity index (χ3n) is 3.95. The minimum absolute atomic E-state index is 0.0295. The first kappa shape index (κ1) is 14.8. The van der Waals surface area contributed by atoms with Crippen LogP contribution in [0.5, 0.6) is 0 Å². The Balaban J connectivity index is 1.65. The molecule has 2 aliphatic rings. The Morgan fingerprint density at radius 2 is 2.16 bits per heavy atom. The van der Waals surface area contributed by atoms with Crippen LogP contribution in [-0.2, 0) is 14.3 Å². The van der Waals surface area contributed by atoms with Crippen LogP contribution in [0.3, 0.4) is 0 Å². The molecule has 2 aliphatic heterocycles. The first-order valence-electron chi connectivity index (χ1n) is 7.30. The molecule has 2 saturated heterocycles. The minimum atomic E-state index is -0.107. The molecule has 0 saturated carbocycles. The van der Waals surface area contributed by atoms with E-state index < -0.39 is 0 Å². The highest BCUT2D eigenvalue weighted by Gasteiger charge is 2.31. The van der Waals surface area contributed by atoms with Gasteiger partial charge in [0.15, 0.2) is 0 Å². The number of carbonyl (C=O) groups is 1. The van der Waals surface area contributed by atoms with Gasteiger partial charge < -0.3 is 14.8 Å². The van der Waals surface area contributed by atoms with Crippen molar-refractivity contribution in [2.75, 3.05) is 26.8 Å². The van der Waals surface area contributed by atoms with E-state index in [1.165, 1.54) is 0 Å². The predicted octanol–water partition coefficient (Wildman–Crippen LogP) is 0.779. The number of nitrogens with one attached hydrogen (secondary N) is 1. The average molecular weight is 270 g/mol. The summed E-state index contributed by atoms with van der Waals surface area (Å²) in [5.41, 5.74) is 0. The van der Waals surface area contributed by atoms with E-state index in [-0.39, 0.29) is 18.1 Å². The molecule has 110 valence electrons. The van der Waals surface area contributed by atoms with Crippen LogP contribution in [0.4, 0.5) is 0 Å². The molecule has 2 fully saturated rings. The zero-order valence-corrected chi connectivity index (χ0v) is 12.2. The van der Waals surface area contributed by atoms with Crippen LogP contribution in [-0.4, -0.2) is 61.9 Å². The molecule has 0 radical (unpaired) electrons. The van der Waals surface area contributed by atoms with Crippen LogP contribution < -0.4 is 5.32 Å². The number of likely N-dealkylation sites (N-methyl/N-ethyl adjacent to an activating group) is 1. The molecule has 2 rings (SSSR count). The number of rotatable bonds is 6. The Bertz CT molecular complexity index is 305. The van der Waals surface area contributed by atoms with Crippen molar-refractivity contribution in [2.24, 2.45) is 0 Å². The van der Waals surface area contributed by atoms with Crippen LogP contribution in [0, 0.1) is 0 Å². The molecule has 2 atom stereocenters. The van der Waals surface area contributed by atoms with Crippen molar-refractivity contribution in [2.45, 2.75) is 57.3 Å². The molecule has 0 aromatic rings. The van der Waals surface area contributed by atoms with E-state index in [1.807, 2.05) is 13.8 Å². The summed E-state index contributed by atoms with van der Waals surface area (Å²) in [5.74, 6) is -0.0988. The smallest absolute Gasteiger partial charge is 0.323 e. The summed E-state index contributed by atoms with van der Waals surface area (Å²) >= 11 is 0. The molecule has 0 aromatic carbocycles. The molecule has 2 heterocycles. The SMILES string of the molecule is CC(C)OC(=O)C1CCC(CCN(C)C2COC2)N1. The molecule has 0 spiro atoms. The highest BCUT2D eigenvalue weighted by atomic mass is 16.5. The van der Waals surface area contributed by atoms with Crippen LogP contribution in [0.1, 0.15) is 33.1 Å². The quantitative estimate of drug-likeness (QED) is 0.723. The predicted molar refractivity (Wildman–Crippen MR) is 73.0 cm³/mol. The van der Waals surface area contributed by atoms with E-state index in [9.17, 15) is 4.79 Å². The summed E-state index contributed by atoms with van der Waals surface area (Å²) in [4.78, 5) is 14.1. The van der Waals surface area contributed by atoms with Crippen molar-refractivity contribution in [3.63, 3.8) is 0 Å². The fourth-order valence-electron chi connectivity index (χ4n) is 2.57.